The van der Waals surface area contributed by atoms with Gasteiger partial charge in [0.05, 0.1) is 18.0 Å². The van der Waals surface area contributed by atoms with Crippen LogP contribution in [-0.4, -0.2) is 32.6 Å². The van der Waals surface area contributed by atoms with Crippen LogP contribution in [0.3, 0.4) is 0 Å². The van der Waals surface area contributed by atoms with Gasteiger partial charge in [0.15, 0.2) is 0 Å². The highest BCUT2D eigenvalue weighted by Crippen LogP contribution is 2.32. The third-order valence-corrected chi connectivity index (χ3v) is 5.88. The monoisotopic (exact) mass is 439 g/mol. The summed E-state index contributed by atoms with van der Waals surface area (Å²) >= 11 is 7.56. The van der Waals surface area contributed by atoms with Crippen molar-refractivity contribution in [1.82, 2.24) is 14.9 Å². The summed E-state index contributed by atoms with van der Waals surface area (Å²) < 4.78 is 0. The Bertz CT molecular complexity index is 1200. The van der Waals surface area contributed by atoms with Crippen LogP contribution in [0.5, 0.6) is 0 Å². The number of aliphatic hydroxyl groups excluding tert-OH is 1. The topological polar surface area (TPSA) is 69.2 Å². The standard InChI is InChI=1S/C23H22ClN3O2S/c1-15(28)11-27(12-16-6-3-2-4-7-16)13-20-25-22(29)21-19(14-30-23(21)26-20)17-8-5-9-18(24)10-17/h2-10,14-15,28H,11-13H2,1H3,(H,25,26,29). The number of H-pyrrole nitrogens is 1. The fraction of sp³-hybridized carbons (Fsp3) is 0.217. The molecule has 0 amide bonds. The summed E-state index contributed by atoms with van der Waals surface area (Å²) in [6, 6.07) is 17.5. The van der Waals surface area contributed by atoms with E-state index in [1.807, 2.05) is 60.0 Å². The molecule has 0 radical (unpaired) electrons. The van der Waals surface area contributed by atoms with Crippen LogP contribution >= 0.6 is 22.9 Å². The summed E-state index contributed by atoms with van der Waals surface area (Å²) in [6.07, 6.45) is -0.486. The third kappa shape index (κ3) is 4.79. The van der Waals surface area contributed by atoms with Crippen molar-refractivity contribution in [2.24, 2.45) is 0 Å². The van der Waals surface area contributed by atoms with E-state index in [9.17, 15) is 9.90 Å². The lowest BCUT2D eigenvalue weighted by atomic mass is 10.1. The molecule has 0 fully saturated rings. The minimum absolute atomic E-state index is 0.164. The first kappa shape index (κ1) is 20.8. The Morgan fingerprint density at radius 2 is 1.97 bits per heavy atom. The van der Waals surface area contributed by atoms with Crippen molar-refractivity contribution < 1.29 is 5.11 Å². The van der Waals surface area contributed by atoms with Gasteiger partial charge in [0.25, 0.3) is 5.56 Å². The molecular weight excluding hydrogens is 418 g/mol. The predicted molar refractivity (Wildman–Crippen MR) is 123 cm³/mol. The first-order valence-electron chi connectivity index (χ1n) is 9.70. The highest BCUT2D eigenvalue weighted by atomic mass is 35.5. The van der Waals surface area contributed by atoms with E-state index in [0.29, 0.717) is 40.7 Å². The van der Waals surface area contributed by atoms with Gasteiger partial charge < -0.3 is 10.1 Å². The number of aromatic nitrogens is 2. The maximum absolute atomic E-state index is 12.9. The van der Waals surface area contributed by atoms with E-state index in [-0.39, 0.29) is 5.56 Å². The molecule has 2 aromatic heterocycles. The van der Waals surface area contributed by atoms with E-state index in [1.165, 1.54) is 11.3 Å². The summed E-state index contributed by atoms with van der Waals surface area (Å²) in [5, 5.41) is 13.1. The normalized spacial score (nSPS) is 12.5. The fourth-order valence-corrected chi connectivity index (χ4v) is 4.71. The van der Waals surface area contributed by atoms with E-state index >= 15 is 0 Å². The SMILES string of the molecule is CC(O)CN(Cc1ccccc1)Cc1nc2scc(-c3cccc(Cl)c3)c2c(=O)[nH]1. The average molecular weight is 440 g/mol. The average Bonchev–Trinajstić information content (AvgIpc) is 3.13. The molecule has 0 spiro atoms. The Balaban J connectivity index is 1.64. The van der Waals surface area contributed by atoms with Gasteiger partial charge in [0.1, 0.15) is 10.7 Å². The second-order valence-electron chi connectivity index (χ2n) is 7.36. The number of fused-ring (bicyclic) bond motifs is 1. The van der Waals surface area contributed by atoms with Crippen molar-refractivity contribution in [3.05, 3.63) is 86.7 Å². The smallest absolute Gasteiger partial charge is 0.260 e. The number of nitrogens with one attached hydrogen (secondary N) is 1. The molecule has 2 heterocycles. The van der Waals surface area contributed by atoms with Crippen molar-refractivity contribution in [3.8, 4) is 11.1 Å². The van der Waals surface area contributed by atoms with E-state index in [1.54, 1.807) is 6.92 Å². The summed E-state index contributed by atoms with van der Waals surface area (Å²) in [6.45, 7) is 3.34. The van der Waals surface area contributed by atoms with Crippen molar-refractivity contribution in [1.29, 1.82) is 0 Å². The maximum atomic E-state index is 12.9. The number of hydrogen-bond acceptors (Lipinski definition) is 5. The van der Waals surface area contributed by atoms with Crippen molar-refractivity contribution in [2.45, 2.75) is 26.1 Å². The molecule has 4 aromatic rings. The summed E-state index contributed by atoms with van der Waals surface area (Å²) in [4.78, 5) is 23.3. The molecule has 0 aliphatic carbocycles. The summed E-state index contributed by atoms with van der Waals surface area (Å²) in [5.74, 6) is 0.587. The first-order valence-corrected chi connectivity index (χ1v) is 11.0. The van der Waals surface area contributed by atoms with Crippen LogP contribution in [0.15, 0.2) is 64.8 Å². The summed E-state index contributed by atoms with van der Waals surface area (Å²) in [7, 11) is 0. The molecule has 2 aromatic carbocycles. The molecule has 154 valence electrons. The van der Waals surface area contributed by atoms with E-state index < -0.39 is 6.10 Å². The Kier molecular flexibility index (Phi) is 6.29. The lowest BCUT2D eigenvalue weighted by molar-refractivity contribution is 0.116. The van der Waals surface area contributed by atoms with Crippen molar-refractivity contribution >= 4 is 33.2 Å². The predicted octanol–water partition coefficient (Wildman–Crippen LogP) is 4.69. The fourth-order valence-electron chi connectivity index (χ4n) is 3.55. The Morgan fingerprint density at radius 3 is 2.70 bits per heavy atom. The molecule has 1 atom stereocenters. The third-order valence-electron chi connectivity index (χ3n) is 4.77. The molecule has 4 rings (SSSR count). The highest BCUT2D eigenvalue weighted by molar-refractivity contribution is 7.17. The van der Waals surface area contributed by atoms with Crippen LogP contribution < -0.4 is 5.56 Å². The Morgan fingerprint density at radius 1 is 1.17 bits per heavy atom. The van der Waals surface area contributed by atoms with E-state index in [2.05, 4.69) is 9.88 Å². The van der Waals surface area contributed by atoms with Gasteiger partial charge in [-0.05, 0) is 30.2 Å². The molecule has 7 heteroatoms. The summed E-state index contributed by atoms with van der Waals surface area (Å²) in [5.41, 5.74) is 2.71. The van der Waals surface area contributed by atoms with Crippen LogP contribution in [0.25, 0.3) is 21.3 Å². The first-order chi connectivity index (χ1) is 14.5. The number of nitrogens with zero attached hydrogens (tertiary/aromatic N) is 2. The molecule has 1 unspecified atom stereocenters. The lowest BCUT2D eigenvalue weighted by Gasteiger charge is -2.23. The number of hydrogen-bond donors (Lipinski definition) is 2. The van der Waals surface area contributed by atoms with Gasteiger partial charge in [0, 0.05) is 29.1 Å². The Labute approximate surface area is 183 Å². The molecule has 5 nitrogen and oxygen atoms in total. The number of aliphatic hydroxyl groups is 1. The maximum Gasteiger partial charge on any atom is 0.260 e. The van der Waals surface area contributed by atoms with Crippen LogP contribution in [-0.2, 0) is 13.1 Å². The minimum Gasteiger partial charge on any atom is -0.392 e. The van der Waals surface area contributed by atoms with Crippen molar-refractivity contribution in [3.63, 3.8) is 0 Å². The molecule has 0 bridgehead atoms. The van der Waals surface area contributed by atoms with Crippen LogP contribution in [0.4, 0.5) is 0 Å². The molecule has 30 heavy (non-hydrogen) atoms. The van der Waals surface area contributed by atoms with E-state index in [4.69, 9.17) is 16.6 Å². The second-order valence-corrected chi connectivity index (χ2v) is 8.65. The Hall–Kier alpha value is -2.51. The van der Waals surface area contributed by atoms with Crippen LogP contribution in [0.2, 0.25) is 5.02 Å². The van der Waals surface area contributed by atoms with Crippen LogP contribution in [0, 0.1) is 0 Å². The molecule has 0 aliphatic rings. The van der Waals surface area contributed by atoms with Gasteiger partial charge in [-0.2, -0.15) is 0 Å². The van der Waals surface area contributed by atoms with Crippen molar-refractivity contribution in [2.75, 3.05) is 6.54 Å². The van der Waals surface area contributed by atoms with Gasteiger partial charge in [-0.25, -0.2) is 4.98 Å². The van der Waals surface area contributed by atoms with Gasteiger partial charge in [0.2, 0.25) is 0 Å². The lowest BCUT2D eigenvalue weighted by Crippen LogP contribution is -2.31. The van der Waals surface area contributed by atoms with Gasteiger partial charge in [-0.1, -0.05) is 54.1 Å². The number of aromatic amines is 1. The molecular formula is C23H22ClN3O2S. The zero-order valence-electron chi connectivity index (χ0n) is 16.5. The number of rotatable bonds is 7. The second kappa shape index (κ2) is 9.10. The van der Waals surface area contributed by atoms with Crippen LogP contribution in [0.1, 0.15) is 18.3 Å². The molecule has 2 N–H and O–H groups in total. The molecule has 0 aliphatic heterocycles. The quantitative estimate of drug-likeness (QED) is 0.438. The molecule has 0 saturated heterocycles. The number of halogens is 1. The zero-order valence-corrected chi connectivity index (χ0v) is 18.1. The van der Waals surface area contributed by atoms with Gasteiger partial charge in [-0.15, -0.1) is 11.3 Å². The number of thiophene rings is 1. The molecule has 0 saturated carbocycles. The van der Waals surface area contributed by atoms with Gasteiger partial charge >= 0.3 is 0 Å². The van der Waals surface area contributed by atoms with Gasteiger partial charge in [-0.3, -0.25) is 9.69 Å². The minimum atomic E-state index is -0.486. The number of benzene rings is 2. The zero-order chi connectivity index (χ0) is 21.1. The largest absolute Gasteiger partial charge is 0.392 e. The highest BCUT2D eigenvalue weighted by Gasteiger charge is 2.16. The van der Waals surface area contributed by atoms with E-state index in [0.717, 1.165) is 16.7 Å².